The maximum Gasteiger partial charge on any atom is 0.411 e. The minimum Gasteiger partial charge on any atom is -0.447 e. The van der Waals surface area contributed by atoms with E-state index in [9.17, 15) is 9.59 Å². The number of nitrogens with one attached hydrogen (secondary N) is 2. The molecule has 0 heterocycles. The number of rotatable bonds is 6. The summed E-state index contributed by atoms with van der Waals surface area (Å²) in [5.74, 6) is -0.254. The lowest BCUT2D eigenvalue weighted by Gasteiger charge is -2.08. The van der Waals surface area contributed by atoms with Crippen LogP contribution in [-0.4, -0.2) is 25.2 Å². The lowest BCUT2D eigenvalue weighted by molar-refractivity contribution is -0.123. The normalized spacial score (nSPS) is 20.7. The van der Waals surface area contributed by atoms with Gasteiger partial charge < -0.3 is 10.1 Å². The van der Waals surface area contributed by atoms with Gasteiger partial charge in [0.15, 0.2) is 0 Å². The molecule has 0 spiro atoms. The van der Waals surface area contributed by atoms with Crippen LogP contribution in [0.15, 0.2) is 40.9 Å². The highest BCUT2D eigenvalue weighted by molar-refractivity contribution is 6.55. The molecule has 1 aliphatic carbocycles. The van der Waals surface area contributed by atoms with Crippen LogP contribution in [0.1, 0.15) is 13.8 Å². The summed E-state index contributed by atoms with van der Waals surface area (Å²) in [4.78, 5) is 23.8. The molecule has 0 unspecified atom stereocenters. The van der Waals surface area contributed by atoms with Gasteiger partial charge in [-0.3, -0.25) is 10.1 Å². The molecule has 0 bridgehead atoms. The van der Waals surface area contributed by atoms with Crippen molar-refractivity contribution in [1.82, 2.24) is 5.32 Å². The van der Waals surface area contributed by atoms with Crippen molar-refractivity contribution in [3.05, 3.63) is 40.9 Å². The number of para-hydroxylation sites is 1. The molecular formula is C17H20Cl2N2O3. The smallest absolute Gasteiger partial charge is 0.411 e. The summed E-state index contributed by atoms with van der Waals surface area (Å²) in [5.41, 5.74) is 0.476. The van der Waals surface area contributed by atoms with E-state index in [1.807, 2.05) is 32.0 Å². The Morgan fingerprint density at radius 1 is 1.25 bits per heavy atom. The summed E-state index contributed by atoms with van der Waals surface area (Å²) in [6, 6.07) is 8.99. The largest absolute Gasteiger partial charge is 0.447 e. The van der Waals surface area contributed by atoms with Crippen LogP contribution >= 0.6 is 23.2 Å². The monoisotopic (exact) mass is 370 g/mol. The number of amides is 2. The molecule has 1 fully saturated rings. The van der Waals surface area contributed by atoms with Gasteiger partial charge in [-0.25, -0.2) is 4.79 Å². The van der Waals surface area contributed by atoms with Gasteiger partial charge in [-0.2, -0.15) is 0 Å². The molecule has 7 heteroatoms. The number of anilines is 1. The molecule has 2 rings (SSSR count). The molecule has 24 heavy (non-hydrogen) atoms. The van der Waals surface area contributed by atoms with Crippen LogP contribution in [-0.2, 0) is 9.53 Å². The molecule has 2 N–H and O–H groups in total. The first-order valence-electron chi connectivity index (χ1n) is 7.61. The zero-order chi connectivity index (χ0) is 17.7. The number of hydrogen-bond donors (Lipinski definition) is 2. The van der Waals surface area contributed by atoms with Gasteiger partial charge in [0.1, 0.15) is 11.1 Å². The molecule has 2 atom stereocenters. The third kappa shape index (κ3) is 4.89. The van der Waals surface area contributed by atoms with E-state index in [2.05, 4.69) is 10.6 Å². The van der Waals surface area contributed by atoms with Crippen molar-refractivity contribution >= 4 is 40.9 Å². The number of allylic oxidation sites excluding steroid dienone is 1. The Morgan fingerprint density at radius 3 is 2.54 bits per heavy atom. The SMILES string of the molecule is CC1(C)[C@@H](C=C(Cl)Cl)[C@@H]1C(=O)NCCOC(=O)Nc1ccccc1. The van der Waals surface area contributed by atoms with Gasteiger partial charge in [-0.05, 0) is 29.5 Å². The van der Waals surface area contributed by atoms with E-state index in [0.717, 1.165) is 0 Å². The van der Waals surface area contributed by atoms with Crippen molar-refractivity contribution in [2.45, 2.75) is 13.8 Å². The summed E-state index contributed by atoms with van der Waals surface area (Å²) in [6.07, 6.45) is 1.13. The fourth-order valence-electron chi connectivity index (χ4n) is 2.73. The molecule has 0 aliphatic heterocycles. The topological polar surface area (TPSA) is 67.4 Å². The Labute approximate surface area is 151 Å². The second kappa shape index (κ2) is 7.90. The first-order chi connectivity index (χ1) is 11.3. The molecule has 130 valence electrons. The summed E-state index contributed by atoms with van der Waals surface area (Å²) >= 11 is 11.3. The Bertz CT molecular complexity index is 628. The fourth-order valence-corrected chi connectivity index (χ4v) is 3.00. The zero-order valence-corrected chi connectivity index (χ0v) is 15.0. The van der Waals surface area contributed by atoms with Crippen LogP contribution in [0.25, 0.3) is 0 Å². The molecular weight excluding hydrogens is 351 g/mol. The van der Waals surface area contributed by atoms with Crippen LogP contribution < -0.4 is 10.6 Å². The molecule has 1 aliphatic rings. The van der Waals surface area contributed by atoms with Gasteiger partial charge in [0.25, 0.3) is 0 Å². The lowest BCUT2D eigenvalue weighted by atomic mass is 10.1. The number of halogens is 2. The fraction of sp³-hybridized carbons (Fsp3) is 0.412. The van der Waals surface area contributed by atoms with Crippen LogP contribution in [0.3, 0.4) is 0 Å². The van der Waals surface area contributed by atoms with E-state index in [1.165, 1.54) is 0 Å². The Kier molecular flexibility index (Phi) is 6.13. The van der Waals surface area contributed by atoms with Gasteiger partial charge in [-0.1, -0.05) is 55.2 Å². The summed E-state index contributed by atoms with van der Waals surface area (Å²) < 4.78 is 5.19. The molecule has 2 amide bonds. The average Bonchev–Trinajstić information content (AvgIpc) is 3.04. The van der Waals surface area contributed by atoms with Crippen LogP contribution in [0.2, 0.25) is 0 Å². The Balaban J connectivity index is 1.68. The van der Waals surface area contributed by atoms with E-state index in [1.54, 1.807) is 18.2 Å². The molecule has 0 radical (unpaired) electrons. The maximum atomic E-state index is 12.2. The van der Waals surface area contributed by atoms with E-state index < -0.39 is 6.09 Å². The zero-order valence-electron chi connectivity index (χ0n) is 13.5. The number of carbonyl (C=O) groups is 2. The quantitative estimate of drug-likeness (QED) is 0.745. The van der Waals surface area contributed by atoms with Gasteiger partial charge in [-0.15, -0.1) is 0 Å². The summed E-state index contributed by atoms with van der Waals surface area (Å²) in [5, 5.41) is 5.36. The Hall–Kier alpha value is -1.72. The summed E-state index contributed by atoms with van der Waals surface area (Å²) in [6.45, 7) is 4.31. The first-order valence-corrected chi connectivity index (χ1v) is 8.37. The molecule has 1 saturated carbocycles. The number of carbonyl (C=O) groups excluding carboxylic acids is 2. The molecule has 5 nitrogen and oxygen atoms in total. The van der Waals surface area contributed by atoms with E-state index in [-0.39, 0.29) is 40.8 Å². The highest BCUT2D eigenvalue weighted by Crippen LogP contribution is 2.59. The van der Waals surface area contributed by atoms with Crippen molar-refractivity contribution in [1.29, 1.82) is 0 Å². The van der Waals surface area contributed by atoms with Crippen molar-refractivity contribution in [3.8, 4) is 0 Å². The van der Waals surface area contributed by atoms with Crippen molar-refractivity contribution in [2.24, 2.45) is 17.3 Å². The van der Waals surface area contributed by atoms with E-state index in [0.29, 0.717) is 5.69 Å². The van der Waals surface area contributed by atoms with Crippen LogP contribution in [0.4, 0.5) is 10.5 Å². The van der Waals surface area contributed by atoms with Crippen molar-refractivity contribution in [3.63, 3.8) is 0 Å². The van der Waals surface area contributed by atoms with Gasteiger partial charge >= 0.3 is 6.09 Å². The highest BCUT2D eigenvalue weighted by Gasteiger charge is 2.60. The van der Waals surface area contributed by atoms with Gasteiger partial charge in [0.05, 0.1) is 12.5 Å². The molecule has 1 aromatic carbocycles. The van der Waals surface area contributed by atoms with E-state index >= 15 is 0 Å². The lowest BCUT2D eigenvalue weighted by Crippen LogP contribution is -2.31. The third-order valence-electron chi connectivity index (χ3n) is 4.15. The minimum atomic E-state index is -0.558. The number of hydrogen-bond acceptors (Lipinski definition) is 3. The predicted octanol–water partition coefficient (Wildman–Crippen LogP) is 3.94. The highest BCUT2D eigenvalue weighted by atomic mass is 35.5. The second-order valence-corrected chi connectivity index (χ2v) is 7.21. The van der Waals surface area contributed by atoms with Crippen molar-refractivity contribution < 1.29 is 14.3 Å². The van der Waals surface area contributed by atoms with Crippen molar-refractivity contribution in [2.75, 3.05) is 18.5 Å². The number of ether oxygens (including phenoxy) is 1. The minimum absolute atomic E-state index is 0.0183. The Morgan fingerprint density at radius 2 is 1.92 bits per heavy atom. The van der Waals surface area contributed by atoms with Gasteiger partial charge in [0, 0.05) is 5.69 Å². The predicted molar refractivity (Wildman–Crippen MR) is 95.0 cm³/mol. The van der Waals surface area contributed by atoms with Crippen LogP contribution in [0, 0.1) is 17.3 Å². The van der Waals surface area contributed by atoms with Crippen LogP contribution in [0.5, 0.6) is 0 Å². The third-order valence-corrected chi connectivity index (χ3v) is 4.41. The molecule has 0 saturated heterocycles. The average molecular weight is 371 g/mol. The van der Waals surface area contributed by atoms with E-state index in [4.69, 9.17) is 27.9 Å². The van der Waals surface area contributed by atoms with Gasteiger partial charge in [0.2, 0.25) is 5.91 Å². The molecule has 1 aromatic rings. The standard InChI is InChI=1S/C17H20Cl2N2O3/c1-17(2)12(10-13(18)19)14(17)15(22)20-8-9-24-16(23)21-11-6-4-3-5-7-11/h3-7,10,12,14H,8-9H2,1-2H3,(H,20,22)(H,21,23)/t12-,14+/m0/s1. The second-order valence-electron chi connectivity index (χ2n) is 6.20. The first kappa shape index (κ1) is 18.6. The summed E-state index contributed by atoms with van der Waals surface area (Å²) in [7, 11) is 0. The number of benzene rings is 1. The maximum absolute atomic E-state index is 12.2. The molecule has 0 aromatic heterocycles.